The fourth-order valence-electron chi connectivity index (χ4n) is 1.48. The molecule has 4 nitrogen and oxygen atoms in total. The number of para-hydroxylation sites is 1. The first-order chi connectivity index (χ1) is 8.62. The van der Waals surface area contributed by atoms with Gasteiger partial charge in [-0.1, -0.05) is 6.07 Å². The van der Waals surface area contributed by atoms with E-state index >= 15 is 0 Å². The zero-order valence-corrected chi connectivity index (χ0v) is 14.4. The molecule has 1 rings (SSSR count). The highest BCUT2D eigenvalue weighted by molar-refractivity contribution is 6.71. The first-order valence-corrected chi connectivity index (χ1v) is 13.1. The maximum atomic E-state index is 10.7. The summed E-state index contributed by atoms with van der Waals surface area (Å²) in [5.74, 6) is 1.52. The van der Waals surface area contributed by atoms with Gasteiger partial charge in [0.2, 0.25) is 22.4 Å². The van der Waals surface area contributed by atoms with E-state index in [-0.39, 0.29) is 0 Å². The molecule has 0 heterocycles. The summed E-state index contributed by atoms with van der Waals surface area (Å²) in [5, 5.41) is 0. The largest absolute Gasteiger partial charge is 0.542 e. The summed E-state index contributed by atoms with van der Waals surface area (Å²) in [6.07, 6.45) is 0. The van der Waals surface area contributed by atoms with Crippen LogP contribution in [-0.4, -0.2) is 23.1 Å². The first-order valence-electron chi connectivity index (χ1n) is 6.24. The Hall–Kier alpha value is -1.28. The van der Waals surface area contributed by atoms with Crippen molar-refractivity contribution in [1.82, 2.24) is 0 Å². The number of hydrogen-bond donors (Lipinski definition) is 0. The average molecular weight is 298 g/mol. The third-order valence-corrected chi connectivity index (χ3v) is 3.61. The second-order valence-electron chi connectivity index (χ2n) is 6.23. The topological polar surface area (TPSA) is 44.8 Å². The lowest BCUT2D eigenvalue weighted by Gasteiger charge is -2.24. The van der Waals surface area contributed by atoms with Crippen LogP contribution in [0.15, 0.2) is 18.2 Å². The molecule has 0 bridgehead atoms. The van der Waals surface area contributed by atoms with Crippen molar-refractivity contribution in [3.8, 4) is 17.2 Å². The van der Waals surface area contributed by atoms with E-state index < -0.39 is 16.6 Å². The van der Waals surface area contributed by atoms with E-state index in [2.05, 4.69) is 39.3 Å². The van der Waals surface area contributed by atoms with E-state index in [0.29, 0.717) is 23.7 Å². The average Bonchev–Trinajstić information content (AvgIpc) is 2.18. The molecule has 19 heavy (non-hydrogen) atoms. The Kier molecular flexibility index (Phi) is 4.81. The molecular formula is C13H22O4Si2. The molecule has 0 saturated heterocycles. The first kappa shape index (κ1) is 15.8. The molecule has 0 saturated carbocycles. The van der Waals surface area contributed by atoms with Crippen molar-refractivity contribution in [2.24, 2.45) is 0 Å². The Morgan fingerprint density at radius 2 is 1.32 bits per heavy atom. The van der Waals surface area contributed by atoms with E-state index in [1.807, 2.05) is 6.07 Å². The summed E-state index contributed by atoms with van der Waals surface area (Å²) >= 11 is 0. The van der Waals surface area contributed by atoms with Crippen molar-refractivity contribution < 1.29 is 18.4 Å². The van der Waals surface area contributed by atoms with Crippen LogP contribution >= 0.6 is 0 Å². The van der Waals surface area contributed by atoms with Crippen LogP contribution in [0, 0.1) is 0 Å². The molecule has 0 aliphatic carbocycles. The van der Waals surface area contributed by atoms with Gasteiger partial charge in [0.25, 0.3) is 6.47 Å². The van der Waals surface area contributed by atoms with Crippen molar-refractivity contribution >= 4 is 23.1 Å². The summed E-state index contributed by atoms with van der Waals surface area (Å²) in [6.45, 7) is 12.8. The molecule has 0 radical (unpaired) electrons. The van der Waals surface area contributed by atoms with Gasteiger partial charge in [-0.15, -0.1) is 0 Å². The van der Waals surface area contributed by atoms with Crippen LogP contribution in [-0.2, 0) is 4.79 Å². The molecule has 0 N–H and O–H groups in total. The van der Waals surface area contributed by atoms with Crippen molar-refractivity contribution in [2.45, 2.75) is 39.3 Å². The van der Waals surface area contributed by atoms with Gasteiger partial charge in [-0.2, -0.15) is 0 Å². The maximum absolute atomic E-state index is 10.7. The number of hydrogen-bond acceptors (Lipinski definition) is 4. The summed E-state index contributed by atoms with van der Waals surface area (Å²) < 4.78 is 16.9. The van der Waals surface area contributed by atoms with E-state index in [9.17, 15) is 4.79 Å². The Morgan fingerprint density at radius 3 is 1.63 bits per heavy atom. The fourth-order valence-corrected chi connectivity index (χ4v) is 3.12. The molecule has 0 fully saturated rings. The smallest absolute Gasteiger partial charge is 0.298 e. The van der Waals surface area contributed by atoms with E-state index in [4.69, 9.17) is 13.6 Å². The highest BCUT2D eigenvalue weighted by Crippen LogP contribution is 2.39. The molecule has 0 aliphatic rings. The molecule has 0 atom stereocenters. The van der Waals surface area contributed by atoms with Gasteiger partial charge in [-0.3, -0.25) is 4.79 Å². The summed E-state index contributed by atoms with van der Waals surface area (Å²) in [7, 11) is -3.56. The number of carbonyl (C=O) groups excluding carboxylic acids is 1. The van der Waals surface area contributed by atoms with Gasteiger partial charge in [0.05, 0.1) is 0 Å². The van der Waals surface area contributed by atoms with Crippen LogP contribution in [0.2, 0.25) is 39.3 Å². The van der Waals surface area contributed by atoms with Gasteiger partial charge in [-0.25, -0.2) is 0 Å². The minimum Gasteiger partial charge on any atom is -0.542 e. The third kappa shape index (κ3) is 5.48. The monoisotopic (exact) mass is 298 g/mol. The van der Waals surface area contributed by atoms with Crippen LogP contribution in [0.4, 0.5) is 0 Å². The summed E-state index contributed by atoms with van der Waals surface area (Å²) in [6, 6.07) is 5.45. The summed E-state index contributed by atoms with van der Waals surface area (Å²) in [5.41, 5.74) is 0. The minimum atomic E-state index is -1.78. The van der Waals surface area contributed by atoms with Gasteiger partial charge in [-0.05, 0) is 51.4 Å². The van der Waals surface area contributed by atoms with E-state index in [0.717, 1.165) is 0 Å². The summed E-state index contributed by atoms with van der Waals surface area (Å²) in [4.78, 5) is 10.7. The van der Waals surface area contributed by atoms with Crippen molar-refractivity contribution in [3.63, 3.8) is 0 Å². The Morgan fingerprint density at radius 1 is 0.895 bits per heavy atom. The van der Waals surface area contributed by atoms with Gasteiger partial charge in [0, 0.05) is 0 Å². The van der Waals surface area contributed by atoms with Crippen LogP contribution in [0.3, 0.4) is 0 Å². The molecular weight excluding hydrogens is 276 g/mol. The predicted octanol–water partition coefficient (Wildman–Crippen LogP) is 3.65. The van der Waals surface area contributed by atoms with E-state index in [1.165, 1.54) is 0 Å². The number of rotatable bonds is 6. The number of benzene rings is 1. The van der Waals surface area contributed by atoms with Crippen LogP contribution < -0.4 is 13.6 Å². The molecule has 6 heteroatoms. The molecule has 0 aliphatic heterocycles. The highest BCUT2D eigenvalue weighted by atomic mass is 28.4. The standard InChI is InChI=1S/C13H22O4Si2/c1-18(2,3)16-11-8-7-9-12(13(11)15-10-14)17-19(4,5)6/h7-10H,1-6H3. The Bertz CT molecular complexity index is 413. The van der Waals surface area contributed by atoms with Gasteiger partial charge >= 0.3 is 0 Å². The molecule has 1 aromatic rings. The maximum Gasteiger partial charge on any atom is 0.298 e. The molecule has 0 spiro atoms. The van der Waals surface area contributed by atoms with Crippen molar-refractivity contribution in [2.75, 3.05) is 0 Å². The van der Waals surface area contributed by atoms with Gasteiger partial charge in [0.15, 0.2) is 11.5 Å². The lowest BCUT2D eigenvalue weighted by Crippen LogP contribution is -2.31. The lowest BCUT2D eigenvalue weighted by atomic mass is 10.3. The quantitative estimate of drug-likeness (QED) is 0.594. The van der Waals surface area contributed by atoms with Crippen molar-refractivity contribution in [3.05, 3.63) is 18.2 Å². The number of carbonyl (C=O) groups is 1. The Labute approximate surface area is 116 Å². The zero-order chi connectivity index (χ0) is 14.7. The normalized spacial score (nSPS) is 11.9. The van der Waals surface area contributed by atoms with Gasteiger partial charge < -0.3 is 13.6 Å². The number of ether oxygens (including phenoxy) is 1. The SMILES string of the molecule is C[Si](C)(C)Oc1cccc(O[Si](C)(C)C)c1OC=O. The van der Waals surface area contributed by atoms with Crippen LogP contribution in [0.25, 0.3) is 0 Å². The second-order valence-corrected chi connectivity index (χ2v) is 15.1. The highest BCUT2D eigenvalue weighted by Gasteiger charge is 2.24. The zero-order valence-electron chi connectivity index (χ0n) is 12.4. The minimum absolute atomic E-state index is 0.377. The molecule has 1 aromatic carbocycles. The second kappa shape index (κ2) is 5.79. The van der Waals surface area contributed by atoms with Crippen molar-refractivity contribution in [1.29, 1.82) is 0 Å². The Balaban J connectivity index is 3.17. The fraction of sp³-hybridized carbons (Fsp3) is 0.462. The molecule has 0 amide bonds. The van der Waals surface area contributed by atoms with Crippen LogP contribution in [0.1, 0.15) is 0 Å². The van der Waals surface area contributed by atoms with E-state index in [1.54, 1.807) is 12.1 Å². The molecule has 0 unspecified atom stereocenters. The van der Waals surface area contributed by atoms with Crippen LogP contribution in [0.5, 0.6) is 17.2 Å². The van der Waals surface area contributed by atoms with Gasteiger partial charge in [0.1, 0.15) is 0 Å². The lowest BCUT2D eigenvalue weighted by molar-refractivity contribution is -0.120. The molecule has 0 aromatic heterocycles. The molecule has 106 valence electrons. The third-order valence-electron chi connectivity index (χ3n) is 1.94. The predicted molar refractivity (Wildman–Crippen MR) is 81.1 cm³/mol.